The molecule has 2 nitrogen and oxygen atoms in total. The molecule has 0 aliphatic heterocycles. The predicted octanol–water partition coefficient (Wildman–Crippen LogP) is 0.413. The van der Waals surface area contributed by atoms with Gasteiger partial charge in [0.2, 0.25) is 0 Å². The highest BCUT2D eigenvalue weighted by Crippen LogP contribution is 1.74. The van der Waals surface area contributed by atoms with Crippen molar-refractivity contribution in [2.24, 2.45) is 5.73 Å². The molecule has 0 aromatic heterocycles. The maximum Gasteiger partial charge on any atom is 0.0909 e. The van der Waals surface area contributed by atoms with Crippen molar-refractivity contribution in [3.63, 3.8) is 0 Å². The van der Waals surface area contributed by atoms with E-state index < -0.39 is 0 Å². The van der Waals surface area contributed by atoms with Gasteiger partial charge in [0.15, 0.2) is 0 Å². The van der Waals surface area contributed by atoms with E-state index in [1.54, 1.807) is 6.08 Å². The van der Waals surface area contributed by atoms with Crippen molar-refractivity contribution < 1.29 is 0 Å². The number of nitrogens with two attached hydrogens (primary N) is 1. The van der Waals surface area contributed by atoms with Crippen LogP contribution in [0.1, 0.15) is 6.92 Å². The predicted molar refractivity (Wildman–Crippen MR) is 28.4 cm³/mol. The average Bonchev–Trinajstić information content (AvgIpc) is 1.61. The van der Waals surface area contributed by atoms with Crippen molar-refractivity contribution in [3.8, 4) is 6.07 Å². The number of allylic oxidation sites excluding steroid dienone is 1. The summed E-state index contributed by atoms with van der Waals surface area (Å²) < 4.78 is 0. The zero-order chi connectivity index (χ0) is 5.70. The van der Waals surface area contributed by atoms with Crippen LogP contribution < -0.4 is 5.73 Å². The van der Waals surface area contributed by atoms with Crippen LogP contribution in [0.4, 0.5) is 0 Å². The van der Waals surface area contributed by atoms with Gasteiger partial charge in [-0.3, -0.25) is 0 Å². The van der Waals surface area contributed by atoms with E-state index in [2.05, 4.69) is 0 Å². The molecule has 0 saturated heterocycles. The Balaban J connectivity index is 3.31. The minimum absolute atomic E-state index is 0.000324. The summed E-state index contributed by atoms with van der Waals surface area (Å²) in [6.45, 7) is 1.81. The molecular weight excluding hydrogens is 88.1 g/mol. The molecule has 7 heavy (non-hydrogen) atoms. The second-order valence-corrected chi connectivity index (χ2v) is 1.35. The molecule has 38 valence electrons. The maximum absolute atomic E-state index is 7.92. The third kappa shape index (κ3) is 5.19. The second-order valence-electron chi connectivity index (χ2n) is 1.35. The molecule has 0 aromatic rings. The Morgan fingerprint density at radius 3 is 2.57 bits per heavy atom. The minimum Gasteiger partial charge on any atom is -0.325 e. The summed E-state index contributed by atoms with van der Waals surface area (Å²) in [5.74, 6) is 0. The number of rotatable bonds is 1. The topological polar surface area (TPSA) is 49.8 Å². The molecule has 0 bridgehead atoms. The van der Waals surface area contributed by atoms with Gasteiger partial charge in [0.1, 0.15) is 0 Å². The fourth-order valence-electron chi connectivity index (χ4n) is 0.195. The minimum atomic E-state index is -0.000324. The van der Waals surface area contributed by atoms with Gasteiger partial charge in [-0.25, -0.2) is 0 Å². The molecule has 0 saturated carbocycles. The highest BCUT2D eigenvalue weighted by atomic mass is 14.6. The summed E-state index contributed by atoms with van der Waals surface area (Å²) in [4.78, 5) is 0. The molecule has 1 unspecified atom stereocenters. The first kappa shape index (κ1) is 6.19. The van der Waals surface area contributed by atoms with Crippen LogP contribution in [0.5, 0.6) is 0 Å². The molecule has 2 heteroatoms. The third-order valence-corrected chi connectivity index (χ3v) is 0.474. The van der Waals surface area contributed by atoms with Crippen molar-refractivity contribution in [1.82, 2.24) is 0 Å². The molecule has 0 rings (SSSR count). The highest BCUT2D eigenvalue weighted by Gasteiger charge is 1.78. The lowest BCUT2D eigenvalue weighted by Crippen LogP contribution is -2.09. The van der Waals surface area contributed by atoms with E-state index in [1.165, 1.54) is 6.08 Å². The normalized spacial score (nSPS) is 13.9. The Kier molecular flexibility index (Phi) is 2.99. The van der Waals surface area contributed by atoms with E-state index in [1.807, 2.05) is 13.0 Å². The smallest absolute Gasteiger partial charge is 0.0909 e. The lowest BCUT2D eigenvalue weighted by Gasteiger charge is -1.87. The average molecular weight is 96.1 g/mol. The van der Waals surface area contributed by atoms with Gasteiger partial charge in [-0.1, -0.05) is 6.08 Å². The van der Waals surface area contributed by atoms with Crippen molar-refractivity contribution >= 4 is 0 Å². The molecule has 0 spiro atoms. The van der Waals surface area contributed by atoms with E-state index in [9.17, 15) is 0 Å². The Morgan fingerprint density at radius 2 is 2.43 bits per heavy atom. The van der Waals surface area contributed by atoms with Gasteiger partial charge in [-0.2, -0.15) is 5.26 Å². The summed E-state index contributed by atoms with van der Waals surface area (Å²) in [5, 5.41) is 7.92. The van der Waals surface area contributed by atoms with Crippen LogP contribution in [0, 0.1) is 11.3 Å². The molecule has 0 radical (unpaired) electrons. The van der Waals surface area contributed by atoms with E-state index in [0.717, 1.165) is 0 Å². The SMILES string of the molecule is CC(N)C=CC#N. The lowest BCUT2D eigenvalue weighted by molar-refractivity contribution is 0.926. The molecule has 0 aliphatic carbocycles. The lowest BCUT2D eigenvalue weighted by atomic mass is 10.3. The third-order valence-electron chi connectivity index (χ3n) is 0.474. The van der Waals surface area contributed by atoms with Crippen LogP contribution in [0.15, 0.2) is 12.2 Å². The van der Waals surface area contributed by atoms with Gasteiger partial charge in [0, 0.05) is 12.1 Å². The quantitative estimate of drug-likeness (QED) is 0.481. The van der Waals surface area contributed by atoms with Gasteiger partial charge in [-0.05, 0) is 6.92 Å². The number of hydrogen-bond acceptors (Lipinski definition) is 2. The molecule has 0 aliphatic rings. The standard InChI is InChI=1S/C5H8N2/c1-5(7)3-2-4-6/h2-3,5H,7H2,1H3. The molecule has 0 fully saturated rings. The maximum atomic E-state index is 7.92. The van der Waals surface area contributed by atoms with Crippen molar-refractivity contribution in [3.05, 3.63) is 12.2 Å². The Morgan fingerprint density at radius 1 is 1.86 bits per heavy atom. The van der Waals surface area contributed by atoms with E-state index >= 15 is 0 Å². The number of nitriles is 1. The van der Waals surface area contributed by atoms with Gasteiger partial charge in [0.05, 0.1) is 6.07 Å². The van der Waals surface area contributed by atoms with Crippen LogP contribution in [0.3, 0.4) is 0 Å². The van der Waals surface area contributed by atoms with Crippen molar-refractivity contribution in [2.45, 2.75) is 13.0 Å². The molecule has 0 amide bonds. The fraction of sp³-hybridized carbons (Fsp3) is 0.400. The summed E-state index contributed by atoms with van der Waals surface area (Å²) in [6, 6.07) is 1.84. The van der Waals surface area contributed by atoms with Crippen molar-refractivity contribution in [2.75, 3.05) is 0 Å². The van der Waals surface area contributed by atoms with Crippen molar-refractivity contribution in [1.29, 1.82) is 5.26 Å². The fourth-order valence-corrected chi connectivity index (χ4v) is 0.195. The monoisotopic (exact) mass is 96.1 g/mol. The first-order chi connectivity index (χ1) is 3.27. The van der Waals surface area contributed by atoms with Gasteiger partial charge < -0.3 is 5.73 Å². The summed E-state index contributed by atoms with van der Waals surface area (Å²) in [5.41, 5.74) is 5.24. The summed E-state index contributed by atoms with van der Waals surface area (Å²) in [6.07, 6.45) is 3.02. The Labute approximate surface area is 43.2 Å². The molecule has 0 aromatic carbocycles. The zero-order valence-electron chi connectivity index (χ0n) is 4.26. The first-order valence-electron chi connectivity index (χ1n) is 2.09. The van der Waals surface area contributed by atoms with Gasteiger partial charge in [0.25, 0.3) is 0 Å². The van der Waals surface area contributed by atoms with E-state index in [-0.39, 0.29) is 6.04 Å². The van der Waals surface area contributed by atoms with Gasteiger partial charge >= 0.3 is 0 Å². The Bertz CT molecular complexity index is 97.1. The highest BCUT2D eigenvalue weighted by molar-refractivity contribution is 5.04. The summed E-state index contributed by atoms with van der Waals surface area (Å²) >= 11 is 0. The largest absolute Gasteiger partial charge is 0.325 e. The van der Waals surface area contributed by atoms with Crippen LogP contribution >= 0.6 is 0 Å². The number of nitrogens with zero attached hydrogens (tertiary/aromatic N) is 1. The summed E-state index contributed by atoms with van der Waals surface area (Å²) in [7, 11) is 0. The number of hydrogen-bond donors (Lipinski definition) is 1. The Hall–Kier alpha value is -0.810. The van der Waals surface area contributed by atoms with Crippen LogP contribution in [0.25, 0.3) is 0 Å². The van der Waals surface area contributed by atoms with Crippen LogP contribution in [0.2, 0.25) is 0 Å². The van der Waals surface area contributed by atoms with Gasteiger partial charge in [-0.15, -0.1) is 0 Å². The molecule has 1 atom stereocenters. The molecule has 0 heterocycles. The van der Waals surface area contributed by atoms with Crippen LogP contribution in [-0.4, -0.2) is 6.04 Å². The zero-order valence-corrected chi connectivity index (χ0v) is 4.26. The van der Waals surface area contributed by atoms with E-state index in [4.69, 9.17) is 11.0 Å². The molecular formula is C5H8N2. The first-order valence-corrected chi connectivity index (χ1v) is 2.09. The second kappa shape index (κ2) is 3.38. The van der Waals surface area contributed by atoms with Crippen LogP contribution in [-0.2, 0) is 0 Å². The molecule has 2 N–H and O–H groups in total. The van der Waals surface area contributed by atoms with E-state index in [0.29, 0.717) is 0 Å².